The summed E-state index contributed by atoms with van der Waals surface area (Å²) >= 11 is 1.65. The fraction of sp³-hybridized carbons (Fsp3) is 0.615. The van der Waals surface area contributed by atoms with Crippen molar-refractivity contribution >= 4 is 17.3 Å². The van der Waals surface area contributed by atoms with E-state index in [1.165, 1.54) is 4.88 Å². The van der Waals surface area contributed by atoms with Crippen LogP contribution in [0.4, 0.5) is 13.2 Å². The monoisotopic (exact) mass is 322 g/mol. The SMILES string of the molecule is CN=C(NCCC(F)(F)F)NCC(c1cccs1)N(C)C. The normalized spacial score (nSPS) is 14.3. The third-order valence-electron chi connectivity index (χ3n) is 2.88. The molecule has 1 heterocycles. The van der Waals surface area contributed by atoms with E-state index >= 15 is 0 Å². The van der Waals surface area contributed by atoms with Crippen LogP contribution in [0.2, 0.25) is 0 Å². The summed E-state index contributed by atoms with van der Waals surface area (Å²) in [5.74, 6) is 0.377. The zero-order chi connectivity index (χ0) is 15.9. The molecule has 2 N–H and O–H groups in total. The van der Waals surface area contributed by atoms with E-state index in [4.69, 9.17) is 0 Å². The van der Waals surface area contributed by atoms with Crippen molar-refractivity contribution in [3.63, 3.8) is 0 Å². The Morgan fingerprint density at radius 3 is 2.57 bits per heavy atom. The maximum Gasteiger partial charge on any atom is 0.390 e. The zero-order valence-electron chi connectivity index (χ0n) is 12.4. The van der Waals surface area contributed by atoms with Gasteiger partial charge in [-0.3, -0.25) is 4.99 Å². The minimum absolute atomic E-state index is 0.145. The second-order valence-corrected chi connectivity index (χ2v) is 5.72. The first-order valence-corrected chi connectivity index (χ1v) is 7.42. The average molecular weight is 322 g/mol. The molecule has 120 valence electrons. The number of nitrogens with one attached hydrogen (secondary N) is 2. The van der Waals surface area contributed by atoms with Crippen LogP contribution in [0.25, 0.3) is 0 Å². The molecule has 8 heteroatoms. The lowest BCUT2D eigenvalue weighted by molar-refractivity contribution is -0.132. The maximum absolute atomic E-state index is 12.1. The molecule has 1 aromatic heterocycles. The van der Waals surface area contributed by atoms with Crippen molar-refractivity contribution in [3.8, 4) is 0 Å². The third kappa shape index (κ3) is 6.81. The second kappa shape index (κ2) is 8.23. The summed E-state index contributed by atoms with van der Waals surface area (Å²) in [6.45, 7) is 0.383. The molecule has 21 heavy (non-hydrogen) atoms. The lowest BCUT2D eigenvalue weighted by Crippen LogP contribution is -2.42. The summed E-state index contributed by atoms with van der Waals surface area (Å²) in [7, 11) is 5.47. The van der Waals surface area contributed by atoms with Crippen LogP contribution < -0.4 is 10.6 Å². The van der Waals surface area contributed by atoms with E-state index in [0.717, 1.165) is 0 Å². The molecule has 0 amide bonds. The van der Waals surface area contributed by atoms with Gasteiger partial charge < -0.3 is 15.5 Å². The molecule has 0 aromatic carbocycles. The van der Waals surface area contributed by atoms with Gasteiger partial charge in [0, 0.05) is 25.0 Å². The highest BCUT2D eigenvalue weighted by molar-refractivity contribution is 7.10. The Labute approximate surface area is 127 Å². The molecule has 1 atom stereocenters. The number of thiophene rings is 1. The molecule has 1 aromatic rings. The highest BCUT2D eigenvalue weighted by atomic mass is 32.1. The topological polar surface area (TPSA) is 39.7 Å². The lowest BCUT2D eigenvalue weighted by Gasteiger charge is -2.24. The number of hydrogen-bond donors (Lipinski definition) is 2. The van der Waals surface area contributed by atoms with Crippen molar-refractivity contribution in [1.29, 1.82) is 0 Å². The lowest BCUT2D eigenvalue weighted by atomic mass is 10.2. The third-order valence-corrected chi connectivity index (χ3v) is 3.86. The molecular weight excluding hydrogens is 301 g/mol. The molecule has 0 aliphatic rings. The Morgan fingerprint density at radius 2 is 2.10 bits per heavy atom. The Hall–Kier alpha value is -1.28. The van der Waals surface area contributed by atoms with Gasteiger partial charge in [0.1, 0.15) is 0 Å². The first-order chi connectivity index (χ1) is 9.83. The number of nitrogens with zero attached hydrogens (tertiary/aromatic N) is 2. The predicted octanol–water partition coefficient (Wildman–Crippen LogP) is 2.47. The summed E-state index contributed by atoms with van der Waals surface area (Å²) < 4.78 is 36.3. The largest absolute Gasteiger partial charge is 0.390 e. The highest BCUT2D eigenvalue weighted by Gasteiger charge is 2.26. The van der Waals surface area contributed by atoms with Crippen LogP contribution in [0.15, 0.2) is 22.5 Å². The van der Waals surface area contributed by atoms with Gasteiger partial charge in [0.05, 0.1) is 12.5 Å². The van der Waals surface area contributed by atoms with Gasteiger partial charge in [0.25, 0.3) is 0 Å². The highest BCUT2D eigenvalue weighted by Crippen LogP contribution is 2.22. The van der Waals surface area contributed by atoms with Gasteiger partial charge in [-0.25, -0.2) is 0 Å². The van der Waals surface area contributed by atoms with Crippen molar-refractivity contribution in [2.24, 2.45) is 4.99 Å². The van der Waals surface area contributed by atoms with Crippen LogP contribution in [-0.4, -0.2) is 51.3 Å². The number of alkyl halides is 3. The zero-order valence-corrected chi connectivity index (χ0v) is 13.2. The van der Waals surface area contributed by atoms with Crippen LogP contribution in [0.1, 0.15) is 17.3 Å². The van der Waals surface area contributed by atoms with Crippen LogP contribution in [-0.2, 0) is 0 Å². The number of halogens is 3. The molecule has 0 fully saturated rings. The molecule has 0 aliphatic carbocycles. The molecular formula is C13H21F3N4S. The van der Waals surface area contributed by atoms with E-state index in [1.807, 2.05) is 31.6 Å². The van der Waals surface area contributed by atoms with Crippen LogP contribution in [0, 0.1) is 0 Å². The van der Waals surface area contributed by atoms with Gasteiger partial charge in [-0.2, -0.15) is 13.2 Å². The minimum Gasteiger partial charge on any atom is -0.356 e. The Balaban J connectivity index is 2.46. The van der Waals surface area contributed by atoms with Crippen LogP contribution in [0.3, 0.4) is 0 Å². The van der Waals surface area contributed by atoms with E-state index in [0.29, 0.717) is 12.5 Å². The predicted molar refractivity (Wildman–Crippen MR) is 80.8 cm³/mol. The second-order valence-electron chi connectivity index (χ2n) is 4.74. The summed E-state index contributed by atoms with van der Waals surface area (Å²) in [6, 6.07) is 4.16. The number of likely N-dealkylation sites (N-methyl/N-ethyl adjacent to an activating group) is 1. The van der Waals surface area contributed by atoms with Crippen molar-refractivity contribution in [2.75, 3.05) is 34.2 Å². The molecule has 0 saturated carbocycles. The van der Waals surface area contributed by atoms with Gasteiger partial charge in [-0.1, -0.05) is 6.07 Å². The Kier molecular flexibility index (Phi) is 6.97. The molecule has 0 radical (unpaired) electrons. The van der Waals surface area contributed by atoms with Crippen molar-refractivity contribution < 1.29 is 13.2 Å². The smallest absolute Gasteiger partial charge is 0.356 e. The van der Waals surface area contributed by atoms with E-state index in [9.17, 15) is 13.2 Å². The van der Waals surface area contributed by atoms with Gasteiger partial charge >= 0.3 is 6.18 Å². The average Bonchev–Trinajstić information content (AvgIpc) is 2.88. The molecule has 4 nitrogen and oxygen atoms in total. The maximum atomic E-state index is 12.1. The number of hydrogen-bond acceptors (Lipinski definition) is 3. The number of rotatable bonds is 6. The van der Waals surface area contributed by atoms with Crippen LogP contribution >= 0.6 is 11.3 Å². The summed E-state index contributed by atoms with van der Waals surface area (Å²) in [4.78, 5) is 7.18. The van der Waals surface area contributed by atoms with Gasteiger partial charge in [-0.15, -0.1) is 11.3 Å². The quantitative estimate of drug-likeness (QED) is 0.624. The van der Waals surface area contributed by atoms with Crippen molar-refractivity contribution in [3.05, 3.63) is 22.4 Å². The van der Waals surface area contributed by atoms with E-state index < -0.39 is 12.6 Å². The minimum atomic E-state index is -4.16. The molecule has 0 aliphatic heterocycles. The van der Waals surface area contributed by atoms with Gasteiger partial charge in [-0.05, 0) is 25.5 Å². The summed E-state index contributed by atoms with van der Waals surface area (Å²) in [5.41, 5.74) is 0. The molecule has 1 rings (SSSR count). The van der Waals surface area contributed by atoms with Gasteiger partial charge in [0.15, 0.2) is 5.96 Å². The fourth-order valence-electron chi connectivity index (χ4n) is 1.76. The summed E-state index contributed by atoms with van der Waals surface area (Å²) in [5, 5.41) is 7.73. The van der Waals surface area contributed by atoms with Crippen molar-refractivity contribution in [2.45, 2.75) is 18.6 Å². The Morgan fingerprint density at radius 1 is 1.38 bits per heavy atom. The van der Waals surface area contributed by atoms with Crippen LogP contribution in [0.5, 0.6) is 0 Å². The first-order valence-electron chi connectivity index (χ1n) is 6.54. The van der Waals surface area contributed by atoms with E-state index in [-0.39, 0.29) is 12.6 Å². The number of guanidine groups is 1. The molecule has 1 unspecified atom stereocenters. The molecule has 0 spiro atoms. The fourth-order valence-corrected chi connectivity index (χ4v) is 2.68. The van der Waals surface area contributed by atoms with Crippen molar-refractivity contribution in [1.82, 2.24) is 15.5 Å². The van der Waals surface area contributed by atoms with E-state index in [2.05, 4.69) is 20.5 Å². The van der Waals surface area contributed by atoms with Gasteiger partial charge in [0.2, 0.25) is 0 Å². The first kappa shape index (κ1) is 17.8. The number of aliphatic imine (C=N–C) groups is 1. The Bertz CT molecular complexity index is 429. The molecule has 0 saturated heterocycles. The molecule has 0 bridgehead atoms. The van der Waals surface area contributed by atoms with E-state index in [1.54, 1.807) is 18.4 Å². The summed E-state index contributed by atoms with van der Waals surface area (Å²) in [6.07, 6.45) is -5.04. The standard InChI is InChI=1S/C13H21F3N4S/c1-17-12(18-7-6-13(14,15)16)19-9-10(20(2)3)11-5-4-8-21-11/h4-5,8,10H,6-7,9H2,1-3H3,(H2,17,18,19).